The number of nitrogens with one attached hydrogen (secondary N) is 1. The molecule has 0 saturated heterocycles. The maximum atomic E-state index is 11.9. The third-order valence-electron chi connectivity index (χ3n) is 2.58. The first-order chi connectivity index (χ1) is 10.1. The van der Waals surface area contributed by atoms with Gasteiger partial charge in [-0.15, -0.1) is 11.8 Å². The van der Waals surface area contributed by atoms with Crippen LogP contribution in [0.25, 0.3) is 0 Å². The molecule has 0 aliphatic rings. The summed E-state index contributed by atoms with van der Waals surface area (Å²) in [6, 6.07) is 14.1. The predicted molar refractivity (Wildman–Crippen MR) is 87.0 cm³/mol. The molecule has 2 rings (SSSR count). The lowest BCUT2D eigenvalue weighted by Gasteiger charge is -2.07. The average molecular weight is 337 g/mol. The number of nitriles is 1. The normalized spacial score (nSPS) is 9.95. The van der Waals surface area contributed by atoms with Gasteiger partial charge in [0.05, 0.1) is 27.0 Å². The van der Waals surface area contributed by atoms with Crippen LogP contribution >= 0.6 is 35.0 Å². The van der Waals surface area contributed by atoms with Gasteiger partial charge in [0.1, 0.15) is 6.07 Å². The van der Waals surface area contributed by atoms with Gasteiger partial charge in [-0.1, -0.05) is 35.3 Å². The van der Waals surface area contributed by atoms with Gasteiger partial charge in [-0.3, -0.25) is 4.79 Å². The topological polar surface area (TPSA) is 52.9 Å². The number of nitrogens with zero attached hydrogens (tertiary/aromatic N) is 1. The first kappa shape index (κ1) is 15.7. The van der Waals surface area contributed by atoms with E-state index in [-0.39, 0.29) is 11.7 Å². The molecular weight excluding hydrogens is 327 g/mol. The minimum Gasteiger partial charge on any atom is -0.324 e. The zero-order valence-corrected chi connectivity index (χ0v) is 13.1. The van der Waals surface area contributed by atoms with E-state index in [1.165, 1.54) is 11.8 Å². The second-order valence-electron chi connectivity index (χ2n) is 4.07. The molecule has 2 aromatic carbocycles. The van der Waals surface area contributed by atoms with E-state index in [9.17, 15) is 4.79 Å². The molecule has 3 nitrogen and oxygen atoms in total. The molecule has 1 amide bonds. The van der Waals surface area contributed by atoms with E-state index in [4.69, 9.17) is 28.5 Å². The van der Waals surface area contributed by atoms with Crippen LogP contribution < -0.4 is 5.32 Å². The zero-order chi connectivity index (χ0) is 15.2. The van der Waals surface area contributed by atoms with Crippen LogP contribution in [0.15, 0.2) is 47.4 Å². The number of hydrogen-bond acceptors (Lipinski definition) is 3. The summed E-state index contributed by atoms with van der Waals surface area (Å²) in [5, 5.41) is 12.6. The molecule has 0 radical (unpaired) electrons. The molecule has 0 unspecified atom stereocenters. The fraction of sp³-hybridized carbons (Fsp3) is 0.0667. The number of rotatable bonds is 4. The lowest BCUT2D eigenvalue weighted by atomic mass is 10.2. The summed E-state index contributed by atoms with van der Waals surface area (Å²) in [6.07, 6.45) is 0. The third kappa shape index (κ3) is 4.40. The molecule has 0 bridgehead atoms. The molecular formula is C15H10Cl2N2OS. The van der Waals surface area contributed by atoms with Gasteiger partial charge in [0.25, 0.3) is 0 Å². The molecule has 0 saturated carbocycles. The molecule has 106 valence electrons. The fourth-order valence-corrected chi connectivity index (χ4v) is 2.69. The van der Waals surface area contributed by atoms with Crippen molar-refractivity contribution in [3.05, 3.63) is 58.1 Å². The van der Waals surface area contributed by atoms with Gasteiger partial charge < -0.3 is 5.32 Å². The highest BCUT2D eigenvalue weighted by atomic mass is 35.5. The van der Waals surface area contributed by atoms with E-state index in [1.54, 1.807) is 42.5 Å². The standard InChI is InChI=1S/C15H10Cl2N2OS/c16-12-6-5-11(7-13(12)17)21-9-15(20)19-14-4-2-1-3-10(14)8-18/h1-7H,9H2,(H,19,20). The number of amides is 1. The van der Waals surface area contributed by atoms with E-state index in [2.05, 4.69) is 5.32 Å². The van der Waals surface area contributed by atoms with Gasteiger partial charge in [0.2, 0.25) is 5.91 Å². The SMILES string of the molecule is N#Cc1ccccc1NC(=O)CSc1ccc(Cl)c(Cl)c1. The summed E-state index contributed by atoms with van der Waals surface area (Å²) in [7, 11) is 0. The van der Waals surface area contributed by atoms with E-state index >= 15 is 0 Å². The van der Waals surface area contributed by atoms with Crippen molar-refractivity contribution in [1.82, 2.24) is 0 Å². The maximum absolute atomic E-state index is 11.9. The zero-order valence-electron chi connectivity index (χ0n) is 10.8. The number of carbonyl (C=O) groups is 1. The first-order valence-corrected chi connectivity index (χ1v) is 7.71. The van der Waals surface area contributed by atoms with Crippen molar-refractivity contribution in [2.24, 2.45) is 0 Å². The molecule has 1 N–H and O–H groups in total. The highest BCUT2D eigenvalue weighted by Gasteiger charge is 2.07. The third-order valence-corrected chi connectivity index (χ3v) is 4.32. The van der Waals surface area contributed by atoms with Crippen LogP contribution in [0, 0.1) is 11.3 Å². The Kier molecular flexibility index (Phi) is 5.51. The summed E-state index contributed by atoms with van der Waals surface area (Å²) in [5.74, 6) is 0.0336. The number of halogens is 2. The van der Waals surface area contributed by atoms with Crippen LogP contribution in [0.1, 0.15) is 5.56 Å². The van der Waals surface area contributed by atoms with E-state index in [1.807, 2.05) is 6.07 Å². The Balaban J connectivity index is 1.96. The van der Waals surface area contributed by atoms with Crippen LogP contribution in [0.3, 0.4) is 0 Å². The van der Waals surface area contributed by atoms with Gasteiger partial charge in [-0.2, -0.15) is 5.26 Å². The van der Waals surface area contributed by atoms with Crippen molar-refractivity contribution in [1.29, 1.82) is 5.26 Å². The Morgan fingerprint density at radius 2 is 1.95 bits per heavy atom. The van der Waals surface area contributed by atoms with Crippen LogP contribution in [-0.2, 0) is 4.79 Å². The number of benzene rings is 2. The lowest BCUT2D eigenvalue weighted by molar-refractivity contribution is -0.113. The van der Waals surface area contributed by atoms with Gasteiger partial charge >= 0.3 is 0 Å². The first-order valence-electron chi connectivity index (χ1n) is 5.97. The number of anilines is 1. The highest BCUT2D eigenvalue weighted by molar-refractivity contribution is 8.00. The quantitative estimate of drug-likeness (QED) is 0.830. The van der Waals surface area contributed by atoms with Crippen molar-refractivity contribution < 1.29 is 4.79 Å². The van der Waals surface area contributed by atoms with E-state index in [0.29, 0.717) is 21.3 Å². The predicted octanol–water partition coefficient (Wildman–Crippen LogP) is 4.60. The molecule has 0 atom stereocenters. The van der Waals surface area contributed by atoms with Crippen LogP contribution in [0.2, 0.25) is 10.0 Å². The summed E-state index contributed by atoms with van der Waals surface area (Å²) in [4.78, 5) is 12.8. The van der Waals surface area contributed by atoms with Crippen molar-refractivity contribution in [2.45, 2.75) is 4.90 Å². The molecule has 6 heteroatoms. The van der Waals surface area contributed by atoms with Gasteiger partial charge in [0.15, 0.2) is 0 Å². The summed E-state index contributed by atoms with van der Waals surface area (Å²) >= 11 is 13.1. The number of para-hydroxylation sites is 1. The molecule has 0 aliphatic heterocycles. The van der Waals surface area contributed by atoms with Crippen LogP contribution in [-0.4, -0.2) is 11.7 Å². The minimum absolute atomic E-state index is 0.186. The van der Waals surface area contributed by atoms with Crippen molar-refractivity contribution in [3.8, 4) is 6.07 Å². The van der Waals surface area contributed by atoms with Gasteiger partial charge in [-0.25, -0.2) is 0 Å². The summed E-state index contributed by atoms with van der Waals surface area (Å²) < 4.78 is 0. The molecule has 21 heavy (non-hydrogen) atoms. The summed E-state index contributed by atoms with van der Waals surface area (Å²) in [6.45, 7) is 0. The summed E-state index contributed by atoms with van der Waals surface area (Å²) in [5.41, 5.74) is 0.949. The second-order valence-corrected chi connectivity index (χ2v) is 5.93. The Labute approximate surface area is 136 Å². The Morgan fingerprint density at radius 1 is 1.19 bits per heavy atom. The Bertz CT molecular complexity index is 713. The molecule has 2 aromatic rings. The van der Waals surface area contributed by atoms with Crippen molar-refractivity contribution in [3.63, 3.8) is 0 Å². The largest absolute Gasteiger partial charge is 0.324 e. The number of thioether (sulfide) groups is 1. The molecule has 0 spiro atoms. The molecule has 0 heterocycles. The number of hydrogen-bond donors (Lipinski definition) is 1. The Morgan fingerprint density at radius 3 is 2.67 bits per heavy atom. The van der Waals surface area contributed by atoms with Crippen molar-refractivity contribution in [2.75, 3.05) is 11.1 Å². The fourth-order valence-electron chi connectivity index (χ4n) is 1.59. The average Bonchev–Trinajstić information content (AvgIpc) is 2.49. The van der Waals surface area contributed by atoms with Gasteiger partial charge in [-0.05, 0) is 30.3 Å². The highest BCUT2D eigenvalue weighted by Crippen LogP contribution is 2.28. The molecule has 0 aliphatic carbocycles. The maximum Gasteiger partial charge on any atom is 0.234 e. The Hall–Kier alpha value is -1.67. The smallest absolute Gasteiger partial charge is 0.234 e. The van der Waals surface area contributed by atoms with Crippen molar-refractivity contribution >= 4 is 46.6 Å². The van der Waals surface area contributed by atoms with E-state index in [0.717, 1.165) is 4.90 Å². The molecule has 0 fully saturated rings. The van der Waals surface area contributed by atoms with Crippen LogP contribution in [0.5, 0.6) is 0 Å². The van der Waals surface area contributed by atoms with E-state index < -0.39 is 0 Å². The number of carbonyl (C=O) groups excluding carboxylic acids is 1. The minimum atomic E-state index is -0.186. The molecule has 0 aromatic heterocycles. The second kappa shape index (κ2) is 7.37. The van der Waals surface area contributed by atoms with Gasteiger partial charge in [0, 0.05) is 4.90 Å². The van der Waals surface area contributed by atoms with Crippen LogP contribution in [0.4, 0.5) is 5.69 Å². The lowest BCUT2D eigenvalue weighted by Crippen LogP contribution is -2.14. The monoisotopic (exact) mass is 336 g/mol.